The first-order chi connectivity index (χ1) is 19.1. The maximum atomic E-state index is 5.90. The summed E-state index contributed by atoms with van der Waals surface area (Å²) in [6.07, 6.45) is 1.09. The summed E-state index contributed by atoms with van der Waals surface area (Å²) in [4.78, 5) is 8.23. The molecule has 0 aliphatic carbocycles. The van der Waals surface area contributed by atoms with Crippen molar-refractivity contribution in [2.45, 2.75) is 13.3 Å². The first-order valence-corrected chi connectivity index (χ1v) is 14.0. The summed E-state index contributed by atoms with van der Waals surface area (Å²) in [6, 6.07) is 30.8. The Labute approximate surface area is 231 Å². The van der Waals surface area contributed by atoms with Gasteiger partial charge in [0.2, 0.25) is 0 Å². The van der Waals surface area contributed by atoms with Crippen LogP contribution in [0.1, 0.15) is 13.3 Å². The quantitative estimate of drug-likeness (QED) is 0.173. The minimum atomic E-state index is 0.598. The maximum Gasteiger partial charge on any atom is 0.0465 e. The molecule has 0 atom stereocenters. The third kappa shape index (κ3) is 5.78. The van der Waals surface area contributed by atoms with E-state index < -0.39 is 0 Å². The molecule has 4 aromatic carbocycles. The van der Waals surface area contributed by atoms with Gasteiger partial charge in [0.15, 0.2) is 0 Å². The molecule has 6 nitrogen and oxygen atoms in total. The van der Waals surface area contributed by atoms with Gasteiger partial charge >= 0.3 is 0 Å². The fourth-order valence-electron chi connectivity index (χ4n) is 5.50. The number of nitrogens with two attached hydrogens (primary N) is 3. The molecule has 0 saturated heterocycles. The van der Waals surface area contributed by atoms with Crippen molar-refractivity contribution in [2.75, 3.05) is 55.6 Å². The first-order valence-electron chi connectivity index (χ1n) is 14.0. The highest BCUT2D eigenvalue weighted by molar-refractivity contribution is 6.09. The highest BCUT2D eigenvalue weighted by Gasteiger charge is 2.12. The Morgan fingerprint density at radius 1 is 0.538 bits per heavy atom. The van der Waals surface area contributed by atoms with Crippen LogP contribution < -0.4 is 27.0 Å². The van der Waals surface area contributed by atoms with Gasteiger partial charge in [-0.2, -0.15) is 0 Å². The molecule has 1 aromatic heterocycles. The van der Waals surface area contributed by atoms with E-state index in [1.807, 2.05) is 0 Å². The molecule has 0 bridgehead atoms. The van der Waals surface area contributed by atoms with Crippen LogP contribution >= 0.6 is 0 Å². The summed E-state index contributed by atoms with van der Waals surface area (Å²) in [5, 5.41) is 2.45. The van der Waals surface area contributed by atoms with Crippen LogP contribution in [-0.2, 0) is 0 Å². The number of benzene rings is 4. The Balaban J connectivity index is 1.53. The van der Waals surface area contributed by atoms with E-state index in [0.717, 1.165) is 49.3 Å². The van der Waals surface area contributed by atoms with Crippen LogP contribution in [-0.4, -0.2) is 50.8 Å². The Bertz CT molecular complexity index is 1410. The molecule has 7 N–H and O–H groups in total. The lowest BCUT2D eigenvalue weighted by Gasteiger charge is -2.24. The van der Waals surface area contributed by atoms with E-state index in [4.69, 9.17) is 17.2 Å². The minimum absolute atomic E-state index is 0.598. The van der Waals surface area contributed by atoms with Gasteiger partial charge in [0.05, 0.1) is 0 Å². The zero-order valence-electron chi connectivity index (χ0n) is 22.9. The van der Waals surface area contributed by atoms with Gasteiger partial charge in [0, 0.05) is 79.0 Å². The average molecular weight is 521 g/mol. The predicted octanol–water partition coefficient (Wildman–Crippen LogP) is 5.55. The van der Waals surface area contributed by atoms with E-state index in [0.29, 0.717) is 19.6 Å². The molecule has 5 rings (SSSR count). The van der Waals surface area contributed by atoms with Gasteiger partial charge in [-0.1, -0.05) is 43.3 Å². The van der Waals surface area contributed by atoms with Crippen molar-refractivity contribution in [3.63, 3.8) is 0 Å². The lowest BCUT2D eigenvalue weighted by atomic mass is 9.99. The fraction of sp³-hybridized carbons (Fsp3) is 0.273. The number of aromatic amines is 1. The molecule has 0 unspecified atom stereocenters. The Morgan fingerprint density at radius 3 is 1.41 bits per heavy atom. The number of nitrogens with one attached hydrogen (secondary N) is 1. The lowest BCUT2D eigenvalue weighted by molar-refractivity contribution is 0.763. The van der Waals surface area contributed by atoms with Crippen molar-refractivity contribution < 1.29 is 0 Å². The van der Waals surface area contributed by atoms with E-state index in [1.165, 1.54) is 38.7 Å². The zero-order valence-corrected chi connectivity index (χ0v) is 22.9. The summed E-state index contributed by atoms with van der Waals surface area (Å²) >= 11 is 0. The number of hydrogen-bond acceptors (Lipinski definition) is 5. The predicted molar refractivity (Wildman–Crippen MR) is 169 cm³/mol. The second kappa shape index (κ2) is 12.3. The second-order valence-corrected chi connectivity index (χ2v) is 10.1. The summed E-state index contributed by atoms with van der Waals surface area (Å²) < 4.78 is 0. The molecule has 5 aromatic rings. The topological polar surface area (TPSA) is 100 Å². The largest absolute Gasteiger partial charge is 0.370 e. The molecule has 0 amide bonds. The van der Waals surface area contributed by atoms with Crippen molar-refractivity contribution in [3.8, 4) is 22.3 Å². The van der Waals surface area contributed by atoms with E-state index in [2.05, 4.69) is 107 Å². The van der Waals surface area contributed by atoms with Crippen LogP contribution in [0.4, 0.5) is 11.4 Å². The van der Waals surface area contributed by atoms with E-state index in [1.54, 1.807) is 0 Å². The van der Waals surface area contributed by atoms with Crippen LogP contribution in [0.25, 0.3) is 44.1 Å². The smallest absolute Gasteiger partial charge is 0.0465 e. The SMILES string of the molecule is CCCN(CCN)c1cccc(-c2ccc3[nH]c4ccc(-c5cccc(N(CCN)CCN)c5)cc4c3c2)c1. The first kappa shape index (κ1) is 26.8. The average Bonchev–Trinajstić information content (AvgIpc) is 3.34. The van der Waals surface area contributed by atoms with Crippen LogP contribution in [0.15, 0.2) is 84.9 Å². The van der Waals surface area contributed by atoms with E-state index in [9.17, 15) is 0 Å². The Morgan fingerprint density at radius 2 is 0.974 bits per heavy atom. The molecule has 0 saturated carbocycles. The molecule has 0 fully saturated rings. The van der Waals surface area contributed by atoms with E-state index in [-0.39, 0.29) is 0 Å². The molecule has 1 heterocycles. The lowest BCUT2D eigenvalue weighted by Crippen LogP contribution is -2.33. The summed E-state index contributed by atoms with van der Waals surface area (Å²) in [5.41, 5.74) is 27.1. The van der Waals surface area contributed by atoms with Crippen LogP contribution in [0.3, 0.4) is 0 Å². The van der Waals surface area contributed by atoms with Crippen molar-refractivity contribution >= 4 is 33.2 Å². The number of anilines is 2. The Kier molecular flexibility index (Phi) is 8.47. The number of hydrogen-bond donors (Lipinski definition) is 4. The van der Waals surface area contributed by atoms with Crippen molar-refractivity contribution in [1.82, 2.24) is 4.98 Å². The summed E-state index contributed by atoms with van der Waals surface area (Å²) in [5.74, 6) is 0. The number of rotatable bonds is 12. The van der Waals surface area contributed by atoms with Gasteiger partial charge in [-0.25, -0.2) is 0 Å². The number of nitrogens with zero attached hydrogens (tertiary/aromatic N) is 2. The van der Waals surface area contributed by atoms with Crippen molar-refractivity contribution in [3.05, 3.63) is 84.9 Å². The maximum absolute atomic E-state index is 5.90. The van der Waals surface area contributed by atoms with Gasteiger partial charge in [-0.15, -0.1) is 0 Å². The summed E-state index contributed by atoms with van der Waals surface area (Å²) in [6.45, 7) is 7.49. The molecule has 202 valence electrons. The molecular formula is C33H40N6. The van der Waals surface area contributed by atoms with Gasteiger partial charge < -0.3 is 32.0 Å². The summed E-state index contributed by atoms with van der Waals surface area (Å²) in [7, 11) is 0. The standard InChI is InChI=1S/C33H40N6/c1-2-16-38(17-13-34)28-7-3-5-24(20-28)26-9-11-32-30(22-26)31-23-27(10-12-33(31)37-32)25-6-4-8-29(21-25)39(18-14-35)19-15-36/h3-12,20-23,37H,2,13-19,34-36H2,1H3. The number of H-pyrrole nitrogens is 1. The van der Waals surface area contributed by atoms with Gasteiger partial charge in [0.25, 0.3) is 0 Å². The number of aromatic nitrogens is 1. The monoisotopic (exact) mass is 520 g/mol. The molecule has 6 heteroatoms. The number of fused-ring (bicyclic) bond motifs is 3. The van der Waals surface area contributed by atoms with E-state index >= 15 is 0 Å². The minimum Gasteiger partial charge on any atom is -0.370 e. The van der Waals surface area contributed by atoms with Crippen molar-refractivity contribution in [1.29, 1.82) is 0 Å². The molecule has 0 spiro atoms. The molecule has 0 aliphatic heterocycles. The highest BCUT2D eigenvalue weighted by atomic mass is 15.1. The Hall–Kier alpha value is -3.84. The van der Waals surface area contributed by atoms with Crippen LogP contribution in [0.5, 0.6) is 0 Å². The van der Waals surface area contributed by atoms with Crippen LogP contribution in [0, 0.1) is 0 Å². The molecular weight excluding hydrogens is 480 g/mol. The fourth-order valence-corrected chi connectivity index (χ4v) is 5.50. The normalized spacial score (nSPS) is 11.4. The van der Waals surface area contributed by atoms with Gasteiger partial charge in [-0.05, 0) is 77.2 Å². The van der Waals surface area contributed by atoms with Crippen molar-refractivity contribution in [2.24, 2.45) is 17.2 Å². The zero-order chi connectivity index (χ0) is 27.2. The second-order valence-electron chi connectivity index (χ2n) is 10.1. The highest BCUT2D eigenvalue weighted by Crippen LogP contribution is 2.34. The third-order valence-electron chi connectivity index (χ3n) is 7.38. The van der Waals surface area contributed by atoms with Gasteiger partial charge in [0.1, 0.15) is 0 Å². The molecule has 0 radical (unpaired) electrons. The van der Waals surface area contributed by atoms with Gasteiger partial charge in [-0.3, -0.25) is 0 Å². The van der Waals surface area contributed by atoms with Crippen LogP contribution in [0.2, 0.25) is 0 Å². The molecule has 0 aliphatic rings. The third-order valence-corrected chi connectivity index (χ3v) is 7.38. The molecule has 39 heavy (non-hydrogen) atoms.